The van der Waals surface area contributed by atoms with Crippen molar-refractivity contribution in [1.82, 2.24) is 0 Å². The topological polar surface area (TPSA) is 144 Å². The summed E-state index contributed by atoms with van der Waals surface area (Å²) in [5.74, 6) is -1.02. The first-order valence-corrected chi connectivity index (χ1v) is 23.6. The second-order valence-electron chi connectivity index (χ2n) is 16.5. The van der Waals surface area contributed by atoms with E-state index in [0.29, 0.717) is 44.2 Å². The zero-order valence-electron chi connectivity index (χ0n) is 36.4. The Morgan fingerprint density at radius 2 is 1.05 bits per heavy atom. The number of carboxylic acid groups (broad SMARTS) is 2. The molecule has 10 heteroatoms. The molecule has 63 heavy (non-hydrogen) atoms. The van der Waals surface area contributed by atoms with Crippen molar-refractivity contribution in [3.8, 4) is 0 Å². The molecule has 1 unspecified atom stereocenters. The van der Waals surface area contributed by atoms with Crippen LogP contribution in [0, 0.1) is 5.92 Å². The summed E-state index contributed by atoms with van der Waals surface area (Å²) in [5, 5.41) is 25.3. The zero-order valence-corrected chi connectivity index (χ0v) is 37.3. The minimum atomic E-state index is -3.12. The van der Waals surface area contributed by atoms with Crippen molar-refractivity contribution < 1.29 is 43.0 Å². The fourth-order valence-electron chi connectivity index (χ4n) is 8.71. The Morgan fingerprint density at radius 3 is 1.49 bits per heavy atom. The molecular weight excluding hydrogens is 812 g/mol. The molecule has 2 N–H and O–H groups in total. The molecule has 0 fully saturated rings. The van der Waals surface area contributed by atoms with Crippen LogP contribution in [0.15, 0.2) is 121 Å². The minimum Gasteiger partial charge on any atom is -0.481 e. The highest BCUT2D eigenvalue weighted by Gasteiger charge is 2.25. The molecule has 0 spiro atoms. The second-order valence-corrected chi connectivity index (χ2v) is 18.5. The fraction of sp³-hybridized carbons (Fsp3) is 0.321. The molecule has 9 rings (SSSR count). The van der Waals surface area contributed by atoms with E-state index in [1.54, 1.807) is 13.8 Å². The van der Waals surface area contributed by atoms with Crippen molar-refractivity contribution >= 4 is 63.4 Å². The molecule has 0 saturated carbocycles. The number of hydrogen-bond donors (Lipinski definition) is 2. The first-order valence-electron chi connectivity index (χ1n) is 21.9. The van der Waals surface area contributed by atoms with Crippen molar-refractivity contribution in [3.63, 3.8) is 0 Å². The van der Waals surface area contributed by atoms with Crippen LogP contribution in [0.1, 0.15) is 79.8 Å². The predicted molar refractivity (Wildman–Crippen MR) is 251 cm³/mol. The Balaban J connectivity index is 0.000000142. The molecular formula is C53H57O9P. The van der Waals surface area contributed by atoms with E-state index in [9.17, 15) is 23.7 Å². The van der Waals surface area contributed by atoms with E-state index in [1.165, 1.54) is 78.7 Å². The van der Waals surface area contributed by atoms with Crippen molar-refractivity contribution in [1.29, 1.82) is 0 Å². The number of hydrogen-bond acceptors (Lipinski definition) is 7. The van der Waals surface area contributed by atoms with Crippen molar-refractivity contribution in [2.45, 2.75) is 85.0 Å². The van der Waals surface area contributed by atoms with E-state index in [1.807, 2.05) is 24.3 Å². The molecule has 0 bridgehead atoms. The average Bonchev–Trinajstić information content (AvgIpc) is 3.24. The minimum absolute atomic E-state index is 0.130. The van der Waals surface area contributed by atoms with Gasteiger partial charge in [0.15, 0.2) is 0 Å². The molecule has 6 aromatic rings. The average molecular weight is 869 g/mol. The maximum Gasteiger partial charge on any atom is 0.338 e. The summed E-state index contributed by atoms with van der Waals surface area (Å²) in [5.41, 5.74) is 8.97. The van der Waals surface area contributed by atoms with E-state index >= 15 is 0 Å². The van der Waals surface area contributed by atoms with Crippen LogP contribution in [0.2, 0.25) is 0 Å². The Labute approximate surface area is 369 Å². The highest BCUT2D eigenvalue weighted by atomic mass is 31.2. The molecule has 0 aliphatic heterocycles. The molecule has 0 saturated heterocycles. The number of rotatable bonds is 9. The van der Waals surface area contributed by atoms with Crippen molar-refractivity contribution in [2.24, 2.45) is 5.92 Å². The van der Waals surface area contributed by atoms with Gasteiger partial charge in [0.2, 0.25) is 0 Å². The second kappa shape index (κ2) is 22.1. The van der Waals surface area contributed by atoms with Crippen LogP contribution in [0.25, 0.3) is 32.3 Å². The molecule has 0 radical (unpaired) electrons. The predicted octanol–water partition coefficient (Wildman–Crippen LogP) is 11.5. The third-order valence-corrected chi connectivity index (χ3v) is 13.7. The van der Waals surface area contributed by atoms with Gasteiger partial charge in [0.05, 0.1) is 13.2 Å². The normalized spacial score (nSPS) is 16.0. The molecule has 0 amide bonds. The van der Waals surface area contributed by atoms with Crippen LogP contribution in [0.5, 0.6) is 0 Å². The molecule has 9 nitrogen and oxygen atoms in total. The number of carboxylic acids is 2. The lowest BCUT2D eigenvalue weighted by molar-refractivity contribution is -0.138. The van der Waals surface area contributed by atoms with Crippen LogP contribution in [0.3, 0.4) is 0 Å². The Bertz CT molecular complexity index is 2690. The van der Waals surface area contributed by atoms with Crippen LogP contribution >= 0.6 is 7.60 Å². The lowest BCUT2D eigenvalue weighted by atomic mass is 9.81. The summed E-state index contributed by atoms with van der Waals surface area (Å²) >= 11 is 0. The first kappa shape index (κ1) is 46.8. The maximum atomic E-state index is 11.6. The van der Waals surface area contributed by atoms with Gasteiger partial charge in [0.1, 0.15) is 17.7 Å². The third kappa shape index (κ3) is 13.4. The van der Waals surface area contributed by atoms with Crippen LogP contribution in [-0.2, 0) is 71.3 Å². The monoisotopic (exact) mass is 868 g/mol. The van der Waals surface area contributed by atoms with E-state index in [-0.39, 0.29) is 11.9 Å². The smallest absolute Gasteiger partial charge is 0.338 e. The Kier molecular flexibility index (Phi) is 16.4. The largest absolute Gasteiger partial charge is 0.481 e. The number of carbonyl (C=O) groups excluding carboxylic acids is 2. The van der Waals surface area contributed by atoms with Gasteiger partial charge in [0, 0.05) is 25.3 Å². The van der Waals surface area contributed by atoms with Gasteiger partial charge in [-0.3, -0.25) is 18.9 Å². The number of benzene rings is 6. The number of allylic oxidation sites excluding steroid dienone is 1. The summed E-state index contributed by atoms with van der Waals surface area (Å²) in [4.78, 5) is 43.5. The number of aliphatic carboxylic acids is 2. The molecule has 3 aliphatic rings. The molecule has 0 heterocycles. The summed E-state index contributed by atoms with van der Waals surface area (Å²) in [6, 6.07) is 38.3. The molecule has 3 aliphatic carbocycles. The summed E-state index contributed by atoms with van der Waals surface area (Å²) < 4.78 is 21.3. The molecule has 0 aromatic heterocycles. The van der Waals surface area contributed by atoms with Gasteiger partial charge in [-0.15, -0.1) is 0 Å². The Morgan fingerprint density at radius 1 is 0.619 bits per heavy atom. The summed E-state index contributed by atoms with van der Waals surface area (Å²) in [6.07, 6.45) is 9.27. The zero-order chi connectivity index (χ0) is 44.9. The lowest BCUT2D eigenvalue weighted by Crippen LogP contribution is -2.17. The standard InChI is InChI=1S/C16H16O2.C16H14O2.C14H12O.C7H15O4P/c2*17-16(18)8-11-5-6-14-9-12-3-1-2-4-13(12)10-15(14)7-11;15-14-6-5-12-7-10-3-1-2-4-11(10)8-13(12)9-14;1-4-10-12(9,11-5-2)6-7(3)8/h1-4,9-11H,5-8H2,(H,17,18);1-4,8-10H,5-7H2,(H,17,18);1-4,7-8H,5-6,9H2;4-6H2,1-3H3/b;11-8+;;. The van der Waals surface area contributed by atoms with Gasteiger partial charge in [0.25, 0.3) is 0 Å². The summed E-state index contributed by atoms with van der Waals surface area (Å²) in [7, 11) is -3.12. The quantitative estimate of drug-likeness (QED) is 0.107. The fourth-order valence-corrected chi connectivity index (χ4v) is 10.3. The molecule has 6 aromatic carbocycles. The number of aryl methyl sites for hydroxylation is 3. The van der Waals surface area contributed by atoms with Crippen LogP contribution in [0.4, 0.5) is 0 Å². The van der Waals surface area contributed by atoms with Gasteiger partial charge >= 0.3 is 19.5 Å². The third-order valence-electron chi connectivity index (χ3n) is 11.6. The van der Waals surface area contributed by atoms with Gasteiger partial charge in [-0.05, 0) is 137 Å². The van der Waals surface area contributed by atoms with Crippen molar-refractivity contribution in [3.05, 3.63) is 154 Å². The van der Waals surface area contributed by atoms with Gasteiger partial charge in [-0.25, -0.2) is 4.79 Å². The highest BCUT2D eigenvalue weighted by molar-refractivity contribution is 7.54. The number of Topliss-reactive ketones (excluding diaryl/α,β-unsaturated/α-hetero) is 2. The Hall–Kier alpha value is -5.73. The number of ketones is 2. The maximum absolute atomic E-state index is 11.6. The van der Waals surface area contributed by atoms with Crippen molar-refractivity contribution in [2.75, 3.05) is 19.4 Å². The summed E-state index contributed by atoms with van der Waals surface area (Å²) in [6.45, 7) is 5.39. The van der Waals surface area contributed by atoms with E-state index in [4.69, 9.17) is 19.3 Å². The van der Waals surface area contributed by atoms with Gasteiger partial charge < -0.3 is 19.3 Å². The van der Waals surface area contributed by atoms with Gasteiger partial charge in [-0.1, -0.05) is 115 Å². The van der Waals surface area contributed by atoms with E-state index in [2.05, 4.69) is 84.9 Å². The lowest BCUT2D eigenvalue weighted by Gasteiger charge is -2.24. The first-order chi connectivity index (χ1) is 30.3. The van der Waals surface area contributed by atoms with Crippen LogP contribution < -0.4 is 0 Å². The van der Waals surface area contributed by atoms with E-state index < -0.39 is 19.5 Å². The highest BCUT2D eigenvalue weighted by Crippen LogP contribution is 2.47. The van der Waals surface area contributed by atoms with E-state index in [0.717, 1.165) is 50.5 Å². The number of fused-ring (bicyclic) bond motifs is 6. The molecule has 328 valence electrons. The number of carbonyl (C=O) groups is 4. The SMILES string of the molecule is CCOP(=O)(CC(C)=O)OCC.O=C(O)/C=C1\CCc2cc3ccccc3cc2C1.O=C(O)CC1CCc2cc3ccccc3cc2C1.O=C1CCc2cc3ccccc3cc2C1. The van der Waals surface area contributed by atoms with Gasteiger partial charge in [-0.2, -0.15) is 0 Å². The van der Waals surface area contributed by atoms with Crippen LogP contribution in [-0.4, -0.2) is 53.1 Å². The molecule has 1 atom stereocenters.